The van der Waals surface area contributed by atoms with Crippen molar-refractivity contribution in [1.29, 1.82) is 0 Å². The van der Waals surface area contributed by atoms with Crippen LogP contribution >= 0.6 is 0 Å². The van der Waals surface area contributed by atoms with Crippen LogP contribution < -0.4 is 4.74 Å². The molecule has 1 aliphatic carbocycles. The summed E-state index contributed by atoms with van der Waals surface area (Å²) in [6.07, 6.45) is 8.90. The first-order chi connectivity index (χ1) is 15.9. The van der Waals surface area contributed by atoms with Gasteiger partial charge in [0.15, 0.2) is 0 Å². The predicted molar refractivity (Wildman–Crippen MR) is 128 cm³/mol. The van der Waals surface area contributed by atoms with Gasteiger partial charge in [-0.2, -0.15) is 0 Å². The Kier molecular flexibility index (Phi) is 9.73. The molecule has 2 aromatic rings. The zero-order valence-corrected chi connectivity index (χ0v) is 19.6. The van der Waals surface area contributed by atoms with E-state index in [2.05, 4.69) is 47.8 Å². The Labute approximate surface area is 196 Å². The van der Waals surface area contributed by atoms with E-state index >= 15 is 0 Å². The van der Waals surface area contributed by atoms with Crippen molar-refractivity contribution < 1.29 is 17.9 Å². The van der Waals surface area contributed by atoms with Crippen LogP contribution in [0.3, 0.4) is 0 Å². The smallest absolute Gasteiger partial charge is 0.406 e. The van der Waals surface area contributed by atoms with E-state index in [-0.39, 0.29) is 5.75 Å². The molecule has 0 spiro atoms. The lowest BCUT2D eigenvalue weighted by atomic mass is 9.78. The standard InChI is InChI=1S/C29H35F3O/c1-2-3-4-5-6-7-8-23-11-17-26(18-12-23)27-19-13-24(14-20-27)9-10-25-15-21-28(22-16-25)33-29(30,31)32/h11-12,15-18,21-22,24,27H,2-8,13-14,19-20H2,1H3/t24-,27-. The average Bonchev–Trinajstić information content (AvgIpc) is 2.81. The van der Waals surface area contributed by atoms with E-state index in [0.717, 1.165) is 25.7 Å². The van der Waals surface area contributed by atoms with Crippen LogP contribution in [0.25, 0.3) is 0 Å². The minimum atomic E-state index is -4.67. The number of unbranched alkanes of at least 4 members (excludes halogenated alkanes) is 5. The van der Waals surface area contributed by atoms with Crippen LogP contribution in [0.4, 0.5) is 13.2 Å². The largest absolute Gasteiger partial charge is 0.573 e. The molecule has 0 atom stereocenters. The lowest BCUT2D eigenvalue weighted by Crippen LogP contribution is -2.16. The van der Waals surface area contributed by atoms with Crippen molar-refractivity contribution in [3.63, 3.8) is 0 Å². The Morgan fingerprint density at radius 2 is 1.45 bits per heavy atom. The van der Waals surface area contributed by atoms with Crippen molar-refractivity contribution in [3.8, 4) is 17.6 Å². The fraction of sp³-hybridized carbons (Fsp3) is 0.517. The van der Waals surface area contributed by atoms with Gasteiger partial charge >= 0.3 is 6.36 Å². The highest BCUT2D eigenvalue weighted by Gasteiger charge is 2.30. The summed E-state index contributed by atoms with van der Waals surface area (Å²) in [6, 6.07) is 15.0. The Hall–Kier alpha value is -2.41. The second kappa shape index (κ2) is 12.7. The molecule has 1 fully saturated rings. The zero-order chi connectivity index (χ0) is 23.5. The molecule has 3 rings (SSSR count). The quantitative estimate of drug-likeness (QED) is 0.270. The third-order valence-electron chi connectivity index (χ3n) is 6.51. The number of hydrogen-bond acceptors (Lipinski definition) is 1. The summed E-state index contributed by atoms with van der Waals surface area (Å²) in [5.74, 6) is 7.16. The van der Waals surface area contributed by atoms with Gasteiger partial charge in [0.2, 0.25) is 0 Å². The van der Waals surface area contributed by atoms with Crippen molar-refractivity contribution in [3.05, 3.63) is 65.2 Å². The number of ether oxygens (including phenoxy) is 1. The molecule has 178 valence electrons. The maximum atomic E-state index is 12.3. The molecular formula is C29H35F3O. The summed E-state index contributed by atoms with van der Waals surface area (Å²) in [7, 11) is 0. The van der Waals surface area contributed by atoms with Gasteiger partial charge in [-0.05, 0) is 79.8 Å². The van der Waals surface area contributed by atoms with Crippen LogP contribution in [0, 0.1) is 17.8 Å². The monoisotopic (exact) mass is 456 g/mol. The molecule has 0 unspecified atom stereocenters. The molecule has 4 heteroatoms. The lowest BCUT2D eigenvalue weighted by molar-refractivity contribution is -0.274. The maximum absolute atomic E-state index is 12.3. The molecule has 0 aliphatic heterocycles. The molecule has 1 saturated carbocycles. The van der Waals surface area contributed by atoms with Crippen LogP contribution in [0.5, 0.6) is 5.75 Å². The van der Waals surface area contributed by atoms with Crippen LogP contribution in [-0.2, 0) is 6.42 Å². The number of halogens is 3. The van der Waals surface area contributed by atoms with Gasteiger partial charge in [0.05, 0.1) is 0 Å². The molecule has 0 N–H and O–H groups in total. The molecule has 0 heterocycles. The molecule has 2 aromatic carbocycles. The van der Waals surface area contributed by atoms with Gasteiger partial charge in [-0.1, -0.05) is 75.1 Å². The van der Waals surface area contributed by atoms with Gasteiger partial charge in [0.25, 0.3) is 0 Å². The van der Waals surface area contributed by atoms with Crippen LogP contribution in [0.2, 0.25) is 0 Å². The summed E-state index contributed by atoms with van der Waals surface area (Å²) < 4.78 is 40.7. The van der Waals surface area contributed by atoms with Crippen molar-refractivity contribution in [2.24, 2.45) is 5.92 Å². The van der Waals surface area contributed by atoms with E-state index in [1.54, 1.807) is 12.1 Å². The first-order valence-electron chi connectivity index (χ1n) is 12.4. The maximum Gasteiger partial charge on any atom is 0.573 e. The fourth-order valence-electron chi connectivity index (χ4n) is 4.56. The zero-order valence-electron chi connectivity index (χ0n) is 19.6. The van der Waals surface area contributed by atoms with Gasteiger partial charge in [0, 0.05) is 11.5 Å². The third kappa shape index (κ3) is 9.16. The highest BCUT2D eigenvalue weighted by molar-refractivity contribution is 5.38. The Morgan fingerprint density at radius 1 is 0.818 bits per heavy atom. The number of alkyl halides is 3. The summed E-state index contributed by atoms with van der Waals surface area (Å²) in [5.41, 5.74) is 3.60. The Balaban J connectivity index is 1.41. The number of aryl methyl sites for hydroxylation is 1. The van der Waals surface area contributed by atoms with E-state index < -0.39 is 6.36 Å². The van der Waals surface area contributed by atoms with Gasteiger partial charge in [-0.15, -0.1) is 13.2 Å². The van der Waals surface area contributed by atoms with Crippen LogP contribution in [0.15, 0.2) is 48.5 Å². The molecule has 1 aliphatic rings. The van der Waals surface area contributed by atoms with Gasteiger partial charge in [-0.3, -0.25) is 0 Å². The molecule has 0 radical (unpaired) electrons. The van der Waals surface area contributed by atoms with Crippen LogP contribution in [0.1, 0.15) is 93.7 Å². The molecule has 33 heavy (non-hydrogen) atoms. The average molecular weight is 457 g/mol. The fourth-order valence-corrected chi connectivity index (χ4v) is 4.56. The Morgan fingerprint density at radius 3 is 2.09 bits per heavy atom. The third-order valence-corrected chi connectivity index (χ3v) is 6.51. The number of rotatable bonds is 9. The van der Waals surface area contributed by atoms with E-state index in [9.17, 15) is 13.2 Å². The van der Waals surface area contributed by atoms with Crippen molar-refractivity contribution in [2.45, 2.75) is 89.8 Å². The predicted octanol–water partition coefficient (Wildman–Crippen LogP) is 8.81. The van der Waals surface area contributed by atoms with E-state index in [1.165, 1.54) is 68.2 Å². The second-order valence-electron chi connectivity index (χ2n) is 9.15. The van der Waals surface area contributed by atoms with Gasteiger partial charge in [-0.25, -0.2) is 0 Å². The first-order valence-corrected chi connectivity index (χ1v) is 12.4. The first kappa shape index (κ1) is 25.2. The molecule has 0 amide bonds. The lowest BCUT2D eigenvalue weighted by Gasteiger charge is -2.26. The number of hydrogen-bond donors (Lipinski definition) is 0. The Bertz CT molecular complexity index is 880. The van der Waals surface area contributed by atoms with Crippen molar-refractivity contribution in [1.82, 2.24) is 0 Å². The topological polar surface area (TPSA) is 9.23 Å². The summed E-state index contributed by atoms with van der Waals surface area (Å²) in [4.78, 5) is 0. The highest BCUT2D eigenvalue weighted by atomic mass is 19.4. The number of benzene rings is 2. The molecule has 1 nitrogen and oxygen atoms in total. The SMILES string of the molecule is CCCCCCCCc1ccc([C@H]2CC[C@H](C#Cc3ccc(OC(F)(F)F)cc3)CC2)cc1. The molecule has 0 saturated heterocycles. The van der Waals surface area contributed by atoms with Crippen molar-refractivity contribution in [2.75, 3.05) is 0 Å². The second-order valence-corrected chi connectivity index (χ2v) is 9.15. The van der Waals surface area contributed by atoms with E-state index in [4.69, 9.17) is 0 Å². The van der Waals surface area contributed by atoms with E-state index in [0.29, 0.717) is 17.4 Å². The van der Waals surface area contributed by atoms with Crippen molar-refractivity contribution >= 4 is 0 Å². The van der Waals surface area contributed by atoms with Crippen LogP contribution in [-0.4, -0.2) is 6.36 Å². The normalized spacial score (nSPS) is 18.4. The summed E-state index contributed by atoms with van der Waals surface area (Å²) >= 11 is 0. The summed E-state index contributed by atoms with van der Waals surface area (Å²) in [5, 5.41) is 0. The summed E-state index contributed by atoms with van der Waals surface area (Å²) in [6.45, 7) is 2.25. The van der Waals surface area contributed by atoms with Gasteiger partial charge < -0.3 is 4.74 Å². The molecule has 0 aromatic heterocycles. The minimum Gasteiger partial charge on any atom is -0.406 e. The highest BCUT2D eigenvalue weighted by Crippen LogP contribution is 2.35. The molecular weight excluding hydrogens is 421 g/mol. The molecule has 0 bridgehead atoms. The van der Waals surface area contributed by atoms with E-state index in [1.807, 2.05) is 0 Å². The van der Waals surface area contributed by atoms with Gasteiger partial charge in [0.1, 0.15) is 5.75 Å². The minimum absolute atomic E-state index is 0.216.